The summed E-state index contributed by atoms with van der Waals surface area (Å²) in [5.41, 5.74) is 6.72. The molecule has 3 N–H and O–H groups in total. The van der Waals surface area contributed by atoms with Crippen LogP contribution in [-0.4, -0.2) is 43.6 Å². The number of fused-ring (bicyclic) bond motifs is 2. The standard InChI is InChI=1S/C27H23Cl2N7O/c1-14-4-6-16(7-5-14)25-26(35(3)15(2)30-25)20-8-9-23-32-22(13-36(23)34-20)33-27(37)21-11-17-10-18(28)12-19(29)24(17)31-21/h4-13,15,30-31H,1-3H3,(H,33,37). The zero-order chi connectivity index (χ0) is 25.8. The maximum atomic E-state index is 12.9. The molecular formula is C27H23Cl2N7O. The summed E-state index contributed by atoms with van der Waals surface area (Å²) in [5.74, 6) is 0.0429. The zero-order valence-electron chi connectivity index (χ0n) is 20.3. The number of amides is 1. The second-order valence-corrected chi connectivity index (χ2v) is 10.0. The van der Waals surface area contributed by atoms with Crippen molar-refractivity contribution >= 4 is 62.9 Å². The first-order valence-electron chi connectivity index (χ1n) is 11.7. The van der Waals surface area contributed by atoms with E-state index < -0.39 is 0 Å². The van der Waals surface area contributed by atoms with Crippen LogP contribution in [0.2, 0.25) is 10.0 Å². The van der Waals surface area contributed by atoms with Crippen LogP contribution in [0.3, 0.4) is 0 Å². The Balaban J connectivity index is 1.32. The smallest absolute Gasteiger partial charge is 0.273 e. The fraction of sp³-hybridized carbons (Fsp3) is 0.148. The molecule has 10 heteroatoms. The highest BCUT2D eigenvalue weighted by molar-refractivity contribution is 6.38. The molecule has 1 aliphatic rings. The first kappa shape index (κ1) is 23.4. The number of aromatic nitrogens is 4. The van der Waals surface area contributed by atoms with Gasteiger partial charge in [0.15, 0.2) is 11.5 Å². The first-order valence-corrected chi connectivity index (χ1v) is 12.5. The minimum atomic E-state index is -0.343. The molecule has 0 saturated carbocycles. The van der Waals surface area contributed by atoms with E-state index in [4.69, 9.17) is 28.3 Å². The van der Waals surface area contributed by atoms with E-state index in [1.807, 2.05) is 19.2 Å². The SMILES string of the molecule is Cc1ccc(C2=C(c3ccc4nc(NC(=O)c5cc6cc(Cl)cc(Cl)c6[nH]5)cn4n3)N(C)C(C)N2)cc1. The van der Waals surface area contributed by atoms with Crippen molar-refractivity contribution in [2.24, 2.45) is 0 Å². The summed E-state index contributed by atoms with van der Waals surface area (Å²) < 4.78 is 1.67. The van der Waals surface area contributed by atoms with Gasteiger partial charge in [-0.1, -0.05) is 53.0 Å². The lowest BCUT2D eigenvalue weighted by Crippen LogP contribution is -2.31. The molecule has 0 fully saturated rings. The summed E-state index contributed by atoms with van der Waals surface area (Å²) in [6.45, 7) is 4.18. The molecule has 0 bridgehead atoms. The van der Waals surface area contributed by atoms with Crippen LogP contribution >= 0.6 is 23.2 Å². The minimum Gasteiger partial charge on any atom is -0.363 e. The van der Waals surface area contributed by atoms with Gasteiger partial charge in [0.25, 0.3) is 5.91 Å². The average Bonchev–Trinajstić information content (AvgIpc) is 3.54. The van der Waals surface area contributed by atoms with E-state index in [1.54, 1.807) is 28.9 Å². The number of carbonyl (C=O) groups is 1. The number of halogens is 2. The molecule has 1 unspecified atom stereocenters. The molecule has 37 heavy (non-hydrogen) atoms. The van der Waals surface area contributed by atoms with Crippen LogP contribution in [0.4, 0.5) is 5.82 Å². The fourth-order valence-electron chi connectivity index (χ4n) is 4.53. The number of aromatic amines is 1. The second kappa shape index (κ2) is 8.83. The Morgan fingerprint density at radius 3 is 2.65 bits per heavy atom. The molecule has 2 aromatic carbocycles. The normalized spacial score (nSPS) is 15.6. The second-order valence-electron chi connectivity index (χ2n) is 9.16. The van der Waals surface area contributed by atoms with Gasteiger partial charge < -0.3 is 20.5 Å². The average molecular weight is 532 g/mol. The summed E-state index contributed by atoms with van der Waals surface area (Å²) in [4.78, 5) is 22.7. The van der Waals surface area contributed by atoms with E-state index in [0.29, 0.717) is 32.7 Å². The van der Waals surface area contributed by atoms with Crippen molar-refractivity contribution in [2.45, 2.75) is 20.0 Å². The molecule has 1 amide bonds. The topological polar surface area (TPSA) is 90.3 Å². The summed E-state index contributed by atoms with van der Waals surface area (Å²) in [7, 11) is 2.04. The van der Waals surface area contributed by atoms with Gasteiger partial charge in [-0.25, -0.2) is 9.50 Å². The van der Waals surface area contributed by atoms with Crippen LogP contribution in [0.5, 0.6) is 0 Å². The van der Waals surface area contributed by atoms with E-state index >= 15 is 0 Å². The Labute approximate surface area is 222 Å². The van der Waals surface area contributed by atoms with Crippen LogP contribution in [0.1, 0.15) is 34.2 Å². The summed E-state index contributed by atoms with van der Waals surface area (Å²) >= 11 is 12.3. The lowest BCUT2D eigenvalue weighted by Gasteiger charge is -2.20. The van der Waals surface area contributed by atoms with Crippen LogP contribution < -0.4 is 10.6 Å². The lowest BCUT2D eigenvalue weighted by atomic mass is 10.1. The monoisotopic (exact) mass is 531 g/mol. The van der Waals surface area contributed by atoms with Crippen molar-refractivity contribution in [1.29, 1.82) is 0 Å². The van der Waals surface area contributed by atoms with Crippen LogP contribution in [-0.2, 0) is 0 Å². The Morgan fingerprint density at radius 2 is 1.86 bits per heavy atom. The third kappa shape index (κ3) is 4.18. The van der Waals surface area contributed by atoms with Gasteiger partial charge in [0.1, 0.15) is 11.4 Å². The van der Waals surface area contributed by atoms with E-state index in [9.17, 15) is 4.79 Å². The number of anilines is 1. The largest absolute Gasteiger partial charge is 0.363 e. The van der Waals surface area contributed by atoms with Crippen molar-refractivity contribution in [3.05, 3.63) is 93.4 Å². The number of hydrogen-bond acceptors (Lipinski definition) is 5. The predicted molar refractivity (Wildman–Crippen MR) is 148 cm³/mol. The fourth-order valence-corrected chi connectivity index (χ4v) is 5.09. The molecule has 6 rings (SSSR count). The predicted octanol–water partition coefficient (Wildman–Crippen LogP) is 5.78. The summed E-state index contributed by atoms with van der Waals surface area (Å²) in [6, 6.07) is 17.3. The molecule has 1 atom stereocenters. The molecule has 186 valence electrons. The highest BCUT2D eigenvalue weighted by atomic mass is 35.5. The summed E-state index contributed by atoms with van der Waals surface area (Å²) in [6.07, 6.45) is 1.81. The van der Waals surface area contributed by atoms with Gasteiger partial charge in [-0.3, -0.25) is 4.79 Å². The lowest BCUT2D eigenvalue weighted by molar-refractivity contribution is 0.102. The highest BCUT2D eigenvalue weighted by Gasteiger charge is 2.28. The molecule has 0 saturated heterocycles. The molecule has 4 heterocycles. The maximum absolute atomic E-state index is 12.9. The van der Waals surface area contributed by atoms with Gasteiger partial charge in [0.2, 0.25) is 0 Å². The van der Waals surface area contributed by atoms with Crippen molar-refractivity contribution in [2.75, 3.05) is 12.4 Å². The number of imidazole rings is 1. The third-order valence-corrected chi connectivity index (χ3v) is 7.07. The van der Waals surface area contributed by atoms with Gasteiger partial charge in [0, 0.05) is 17.5 Å². The first-order chi connectivity index (χ1) is 17.8. The number of hydrogen-bond donors (Lipinski definition) is 3. The number of carbonyl (C=O) groups excluding carboxylic acids is 1. The number of nitrogens with one attached hydrogen (secondary N) is 3. The maximum Gasteiger partial charge on any atom is 0.273 e. The van der Waals surface area contributed by atoms with Crippen LogP contribution in [0, 0.1) is 6.92 Å². The Kier molecular flexibility index (Phi) is 5.58. The van der Waals surface area contributed by atoms with Gasteiger partial charge in [0.05, 0.1) is 34.3 Å². The number of benzene rings is 2. The Bertz CT molecular complexity index is 1720. The molecule has 3 aromatic heterocycles. The van der Waals surface area contributed by atoms with E-state index in [-0.39, 0.29) is 12.1 Å². The van der Waals surface area contributed by atoms with Crippen LogP contribution in [0.15, 0.2) is 60.8 Å². The number of rotatable bonds is 4. The minimum absolute atomic E-state index is 0.112. The molecule has 0 aliphatic carbocycles. The van der Waals surface area contributed by atoms with E-state index in [0.717, 1.165) is 28.0 Å². The molecule has 0 spiro atoms. The number of nitrogens with zero attached hydrogens (tertiary/aromatic N) is 4. The zero-order valence-corrected chi connectivity index (χ0v) is 21.8. The Morgan fingerprint density at radius 1 is 1.08 bits per heavy atom. The summed E-state index contributed by atoms with van der Waals surface area (Å²) in [5, 5.41) is 12.9. The van der Waals surface area contributed by atoms with E-state index in [2.05, 4.69) is 63.6 Å². The van der Waals surface area contributed by atoms with E-state index in [1.165, 1.54) is 5.56 Å². The Hall–Kier alpha value is -4.01. The van der Waals surface area contributed by atoms with Crippen molar-refractivity contribution in [1.82, 2.24) is 29.8 Å². The van der Waals surface area contributed by atoms with Crippen molar-refractivity contribution in [3.8, 4) is 0 Å². The molecule has 8 nitrogen and oxygen atoms in total. The van der Waals surface area contributed by atoms with Gasteiger partial charge >= 0.3 is 0 Å². The molecule has 0 radical (unpaired) electrons. The van der Waals surface area contributed by atoms with Crippen molar-refractivity contribution in [3.63, 3.8) is 0 Å². The van der Waals surface area contributed by atoms with Crippen LogP contribution in [0.25, 0.3) is 27.9 Å². The van der Waals surface area contributed by atoms with Gasteiger partial charge in [-0.15, -0.1) is 0 Å². The molecule has 5 aromatic rings. The number of aryl methyl sites for hydroxylation is 1. The molecule has 1 aliphatic heterocycles. The van der Waals surface area contributed by atoms with Crippen molar-refractivity contribution < 1.29 is 4.79 Å². The van der Waals surface area contributed by atoms with Gasteiger partial charge in [-0.05, 0) is 49.7 Å². The number of H-pyrrole nitrogens is 1. The highest BCUT2D eigenvalue weighted by Crippen LogP contribution is 2.33. The third-order valence-electron chi connectivity index (χ3n) is 6.56. The quantitative estimate of drug-likeness (QED) is 0.273. The van der Waals surface area contributed by atoms with Gasteiger partial charge in [-0.2, -0.15) is 5.10 Å². The molecular weight excluding hydrogens is 509 g/mol.